The van der Waals surface area contributed by atoms with E-state index < -0.39 is 50.6 Å². The fraction of sp³-hybridized carbons (Fsp3) is 0.738. The van der Waals surface area contributed by atoms with Crippen molar-refractivity contribution >= 4 is 25.5 Å². The van der Waals surface area contributed by atoms with E-state index in [4.69, 9.17) is 19.3 Å². The number of aliphatic hydroxyl groups excluding tert-OH is 2. The number of unbranched alkanes of at least 4 members (excludes halogenated alkanes) is 12. The molecule has 0 radical (unpaired) electrons. The highest BCUT2D eigenvalue weighted by atomic mass is 31.2. The number of ketones is 1. The molecule has 11 nitrogen and oxygen atoms in total. The van der Waals surface area contributed by atoms with Gasteiger partial charge in [0.25, 0.3) is 0 Å². The number of allylic oxidation sites excluding steroid dienone is 7. The van der Waals surface area contributed by atoms with Gasteiger partial charge in [-0.3, -0.25) is 18.9 Å². The fourth-order valence-electron chi connectivity index (χ4n) is 6.27. The van der Waals surface area contributed by atoms with Crippen molar-refractivity contribution in [2.75, 3.05) is 13.2 Å². The van der Waals surface area contributed by atoms with Crippen LogP contribution in [0, 0.1) is 11.8 Å². The highest BCUT2D eigenvalue weighted by Crippen LogP contribution is 2.36. The number of carbonyl (C=O) groups excluding carboxylic acids is 3. The lowest BCUT2D eigenvalue weighted by Gasteiger charge is -2.18. The van der Waals surface area contributed by atoms with Gasteiger partial charge in [-0.05, 0) is 64.2 Å². The van der Waals surface area contributed by atoms with Crippen LogP contribution in [0.1, 0.15) is 155 Å². The molecule has 0 unspecified atom stereocenters. The molecule has 0 aromatic carbocycles. The molecule has 54 heavy (non-hydrogen) atoms. The van der Waals surface area contributed by atoms with E-state index in [0.717, 1.165) is 64.2 Å². The summed E-state index contributed by atoms with van der Waals surface area (Å²) in [5.41, 5.74) is 0. The number of rotatable bonds is 33. The summed E-state index contributed by atoms with van der Waals surface area (Å²) in [6, 6.07) is 0. The SMILES string of the molecule is CCCCC/C=C\C/C=C\CCCCCCCCC(=O)OC[C@H](COP(=O)(O)O)OC(=O)CCC/C=C\C[C@H]1[C@@H](O)CC(=O)[C@@H]1/C=C/[C@@H](O)CCCCC. The summed E-state index contributed by atoms with van der Waals surface area (Å²) in [4.78, 5) is 55.5. The van der Waals surface area contributed by atoms with Crippen LogP contribution in [0.2, 0.25) is 0 Å². The molecular weight excluding hydrogens is 711 g/mol. The highest BCUT2D eigenvalue weighted by molar-refractivity contribution is 7.46. The molecule has 0 aliphatic heterocycles. The smallest absolute Gasteiger partial charge is 0.462 e. The van der Waals surface area contributed by atoms with E-state index in [0.29, 0.717) is 32.1 Å². The van der Waals surface area contributed by atoms with E-state index in [2.05, 4.69) is 42.7 Å². The summed E-state index contributed by atoms with van der Waals surface area (Å²) in [6.07, 6.45) is 32.0. The first-order chi connectivity index (χ1) is 26.0. The number of ether oxygens (including phenoxy) is 2. The predicted molar refractivity (Wildman–Crippen MR) is 212 cm³/mol. The lowest BCUT2D eigenvalue weighted by molar-refractivity contribution is -0.161. The summed E-state index contributed by atoms with van der Waals surface area (Å²) in [5, 5.41) is 20.6. The number of hydrogen-bond acceptors (Lipinski definition) is 9. The molecule has 0 heterocycles. The third-order valence-electron chi connectivity index (χ3n) is 9.45. The zero-order valence-electron chi connectivity index (χ0n) is 33.1. The quantitative estimate of drug-likeness (QED) is 0.0216. The van der Waals surface area contributed by atoms with Gasteiger partial charge in [0.15, 0.2) is 6.10 Å². The Bertz CT molecular complexity index is 1170. The molecule has 0 saturated heterocycles. The summed E-state index contributed by atoms with van der Waals surface area (Å²) in [7, 11) is -4.83. The standard InChI is InChI=1S/C42H71O11P/c1-3-5-7-8-9-10-11-12-13-14-15-16-17-18-19-24-28-41(46)51-33-36(34-52-54(48,49)50)53-42(47)29-25-21-20-23-27-37-38(40(45)32-39(37)44)31-30-35(43)26-22-6-4-2/h9-10,12-13,20,23,30-31,35-39,43-44H,3-8,11,14-19,21-22,24-29,32-34H2,1-2H3,(H2,48,49,50)/b10-9-,13-12-,23-20-,31-30+/t35-,36+,37+,38+,39-/m0/s1. The molecule has 0 amide bonds. The van der Waals surface area contributed by atoms with E-state index in [1.54, 1.807) is 12.2 Å². The van der Waals surface area contributed by atoms with Gasteiger partial charge in [0, 0.05) is 31.1 Å². The molecule has 1 aliphatic carbocycles. The van der Waals surface area contributed by atoms with Crippen LogP contribution in [0.5, 0.6) is 0 Å². The molecule has 0 bridgehead atoms. The normalized spacial score (nSPS) is 19.1. The van der Waals surface area contributed by atoms with Crippen LogP contribution in [-0.4, -0.2) is 69.2 Å². The van der Waals surface area contributed by atoms with Crippen molar-refractivity contribution in [3.05, 3.63) is 48.6 Å². The van der Waals surface area contributed by atoms with Crippen molar-refractivity contribution in [1.29, 1.82) is 0 Å². The van der Waals surface area contributed by atoms with Crippen molar-refractivity contribution in [3.63, 3.8) is 0 Å². The maximum Gasteiger partial charge on any atom is 0.469 e. The largest absolute Gasteiger partial charge is 0.469 e. The monoisotopic (exact) mass is 782 g/mol. The van der Waals surface area contributed by atoms with Gasteiger partial charge in [-0.15, -0.1) is 0 Å². The second kappa shape index (κ2) is 31.8. The van der Waals surface area contributed by atoms with Crippen LogP contribution in [0.25, 0.3) is 0 Å². The van der Waals surface area contributed by atoms with E-state index in [9.17, 15) is 29.2 Å². The van der Waals surface area contributed by atoms with Crippen molar-refractivity contribution in [2.45, 2.75) is 173 Å². The van der Waals surface area contributed by atoms with Gasteiger partial charge in [0.05, 0.1) is 18.8 Å². The third kappa shape index (κ3) is 27.2. The summed E-state index contributed by atoms with van der Waals surface area (Å²) >= 11 is 0. The predicted octanol–water partition coefficient (Wildman–Crippen LogP) is 8.93. The van der Waals surface area contributed by atoms with E-state index in [1.807, 2.05) is 12.2 Å². The van der Waals surface area contributed by atoms with Gasteiger partial charge >= 0.3 is 19.8 Å². The molecule has 310 valence electrons. The van der Waals surface area contributed by atoms with Gasteiger partial charge in [-0.1, -0.05) is 120 Å². The second-order valence-electron chi connectivity index (χ2n) is 14.4. The molecule has 1 aliphatic rings. The second-order valence-corrected chi connectivity index (χ2v) is 15.6. The topological polar surface area (TPSA) is 177 Å². The van der Waals surface area contributed by atoms with E-state index in [1.165, 1.54) is 25.7 Å². The summed E-state index contributed by atoms with van der Waals surface area (Å²) < 4.78 is 26.3. The Balaban J connectivity index is 2.32. The Morgan fingerprint density at radius 1 is 0.778 bits per heavy atom. The number of phosphoric ester groups is 1. The Morgan fingerprint density at radius 3 is 2.06 bits per heavy atom. The van der Waals surface area contributed by atoms with E-state index >= 15 is 0 Å². The number of Topliss-reactive ketones (excluding diaryl/α,β-unsaturated/α-hetero) is 1. The van der Waals surface area contributed by atoms with Crippen LogP contribution in [-0.2, 0) is 32.9 Å². The Labute approximate surface area is 324 Å². The van der Waals surface area contributed by atoms with Gasteiger partial charge in [0.1, 0.15) is 12.4 Å². The number of phosphoric acid groups is 1. The molecule has 0 aromatic heterocycles. The molecule has 1 saturated carbocycles. The third-order valence-corrected chi connectivity index (χ3v) is 9.93. The van der Waals surface area contributed by atoms with Crippen molar-refractivity contribution < 1.29 is 52.9 Å². The molecule has 0 aromatic rings. The first-order valence-electron chi connectivity index (χ1n) is 20.5. The zero-order chi connectivity index (χ0) is 39.9. The van der Waals surface area contributed by atoms with Crippen molar-refractivity contribution in [1.82, 2.24) is 0 Å². The van der Waals surface area contributed by atoms with Gasteiger partial charge < -0.3 is 29.5 Å². The summed E-state index contributed by atoms with van der Waals surface area (Å²) in [5.74, 6) is -1.87. The molecule has 12 heteroatoms. The van der Waals surface area contributed by atoms with Crippen LogP contribution >= 0.6 is 7.82 Å². The average Bonchev–Trinajstić information content (AvgIpc) is 3.40. The molecule has 5 atom stereocenters. The molecular formula is C42H71O11P. The minimum atomic E-state index is -4.83. The minimum Gasteiger partial charge on any atom is -0.462 e. The number of carbonyl (C=O) groups is 3. The number of esters is 2. The van der Waals surface area contributed by atoms with Gasteiger partial charge in [-0.25, -0.2) is 4.57 Å². The first-order valence-corrected chi connectivity index (χ1v) is 22.1. The van der Waals surface area contributed by atoms with Crippen molar-refractivity contribution in [3.8, 4) is 0 Å². The van der Waals surface area contributed by atoms with Crippen LogP contribution in [0.3, 0.4) is 0 Å². The molecule has 0 spiro atoms. The van der Waals surface area contributed by atoms with Crippen molar-refractivity contribution in [2.24, 2.45) is 11.8 Å². The van der Waals surface area contributed by atoms with Crippen LogP contribution < -0.4 is 0 Å². The van der Waals surface area contributed by atoms with Crippen LogP contribution in [0.4, 0.5) is 0 Å². The zero-order valence-corrected chi connectivity index (χ0v) is 34.0. The summed E-state index contributed by atoms with van der Waals surface area (Å²) in [6.45, 7) is 3.31. The Morgan fingerprint density at radius 2 is 1.37 bits per heavy atom. The van der Waals surface area contributed by atoms with E-state index in [-0.39, 0.29) is 37.6 Å². The van der Waals surface area contributed by atoms with Gasteiger partial charge in [-0.2, -0.15) is 0 Å². The Hall–Kier alpha value is -2.40. The van der Waals surface area contributed by atoms with Crippen LogP contribution in [0.15, 0.2) is 48.6 Å². The lowest BCUT2D eigenvalue weighted by Crippen LogP contribution is -2.29. The number of aliphatic hydroxyl groups is 2. The molecule has 1 rings (SSSR count). The Kier molecular flexibility index (Phi) is 29.2. The average molecular weight is 783 g/mol. The maximum absolute atomic E-state index is 12.5. The number of hydrogen-bond donors (Lipinski definition) is 4. The minimum absolute atomic E-state index is 0.0172. The van der Waals surface area contributed by atoms with Gasteiger partial charge in [0.2, 0.25) is 0 Å². The maximum atomic E-state index is 12.5. The molecule has 4 N–H and O–H groups in total. The first kappa shape index (κ1) is 49.6. The highest BCUT2D eigenvalue weighted by Gasteiger charge is 2.39. The fourth-order valence-corrected chi connectivity index (χ4v) is 6.63. The lowest BCUT2D eigenvalue weighted by atomic mass is 9.90. The molecule has 1 fully saturated rings.